The molecule has 29 heavy (non-hydrogen) atoms. The monoisotopic (exact) mass is 430 g/mol. The Kier molecular flexibility index (Phi) is 6.01. The average Bonchev–Trinajstić information content (AvgIpc) is 3.36. The van der Waals surface area contributed by atoms with Crippen molar-refractivity contribution in [3.8, 4) is 0 Å². The van der Waals surface area contributed by atoms with Crippen LogP contribution in [0.15, 0.2) is 41.8 Å². The van der Waals surface area contributed by atoms with Crippen molar-refractivity contribution in [2.24, 2.45) is 5.92 Å². The quantitative estimate of drug-likeness (QED) is 0.654. The Morgan fingerprint density at radius 3 is 2.31 bits per heavy atom. The highest BCUT2D eigenvalue weighted by molar-refractivity contribution is 7.10. The summed E-state index contributed by atoms with van der Waals surface area (Å²) in [6.07, 6.45) is 1.31. The molecule has 1 aromatic carbocycles. The van der Waals surface area contributed by atoms with Crippen LogP contribution in [-0.4, -0.2) is 53.6 Å². The van der Waals surface area contributed by atoms with E-state index in [1.807, 2.05) is 11.0 Å². The Labute approximate surface area is 179 Å². The summed E-state index contributed by atoms with van der Waals surface area (Å²) in [5, 5.41) is 2.63. The standard InChI is InChI=1S/C22H23ClN2O3S/c23-16-5-3-15(4-6-16)19(26)7-8-21(27)24-9-11-25(12-10-24)22(28)18-14-17(18)20-2-1-13-29-20/h1-6,13,17-18H,7-12,14H2. The van der Waals surface area contributed by atoms with Crippen molar-refractivity contribution in [2.75, 3.05) is 26.2 Å². The van der Waals surface area contributed by atoms with Crippen molar-refractivity contribution in [1.29, 1.82) is 0 Å². The maximum Gasteiger partial charge on any atom is 0.226 e. The Morgan fingerprint density at radius 1 is 0.966 bits per heavy atom. The van der Waals surface area contributed by atoms with E-state index in [4.69, 9.17) is 11.6 Å². The second-order valence-corrected chi connectivity index (χ2v) is 9.02. The molecule has 1 aromatic heterocycles. The van der Waals surface area contributed by atoms with E-state index in [0.29, 0.717) is 42.7 Å². The third kappa shape index (κ3) is 4.70. The molecule has 1 aliphatic carbocycles. The summed E-state index contributed by atoms with van der Waals surface area (Å²) in [7, 11) is 0. The lowest BCUT2D eigenvalue weighted by molar-refractivity contribution is -0.140. The molecule has 2 aromatic rings. The number of amides is 2. The minimum absolute atomic E-state index is 0.0257. The first-order valence-corrected chi connectivity index (χ1v) is 11.2. The van der Waals surface area contributed by atoms with Gasteiger partial charge in [0.2, 0.25) is 11.8 Å². The van der Waals surface area contributed by atoms with Gasteiger partial charge in [-0.2, -0.15) is 0 Å². The zero-order valence-corrected chi connectivity index (χ0v) is 17.6. The van der Waals surface area contributed by atoms with E-state index in [9.17, 15) is 14.4 Å². The first-order valence-electron chi connectivity index (χ1n) is 9.91. The van der Waals surface area contributed by atoms with Crippen LogP contribution < -0.4 is 0 Å². The summed E-state index contributed by atoms with van der Waals surface area (Å²) < 4.78 is 0. The first-order chi connectivity index (χ1) is 14.0. The lowest BCUT2D eigenvalue weighted by Gasteiger charge is -2.35. The van der Waals surface area contributed by atoms with E-state index in [2.05, 4.69) is 11.4 Å². The Hall–Kier alpha value is -2.18. The summed E-state index contributed by atoms with van der Waals surface area (Å²) >= 11 is 7.55. The van der Waals surface area contributed by atoms with Gasteiger partial charge in [0, 0.05) is 66.3 Å². The van der Waals surface area contributed by atoms with Crippen LogP contribution >= 0.6 is 22.9 Å². The van der Waals surface area contributed by atoms with Gasteiger partial charge in [-0.1, -0.05) is 17.7 Å². The number of carbonyl (C=O) groups is 3. The molecule has 4 rings (SSSR count). The molecule has 2 aliphatic rings. The molecule has 2 amide bonds. The van der Waals surface area contributed by atoms with E-state index >= 15 is 0 Å². The van der Waals surface area contributed by atoms with E-state index in [-0.39, 0.29) is 36.4 Å². The van der Waals surface area contributed by atoms with E-state index < -0.39 is 0 Å². The molecular weight excluding hydrogens is 408 g/mol. The highest BCUT2D eigenvalue weighted by Gasteiger charge is 2.46. The minimum Gasteiger partial charge on any atom is -0.339 e. The maximum atomic E-state index is 12.7. The van der Waals surface area contributed by atoms with Gasteiger partial charge in [-0.25, -0.2) is 0 Å². The largest absolute Gasteiger partial charge is 0.339 e. The molecule has 152 valence electrons. The number of ketones is 1. The Bertz CT molecular complexity index is 889. The molecule has 2 fully saturated rings. The molecule has 1 aliphatic heterocycles. The topological polar surface area (TPSA) is 57.7 Å². The lowest BCUT2D eigenvalue weighted by Crippen LogP contribution is -2.51. The third-order valence-corrected chi connectivity index (χ3v) is 6.95. The van der Waals surface area contributed by atoms with Gasteiger partial charge in [0.05, 0.1) is 0 Å². The summed E-state index contributed by atoms with van der Waals surface area (Å²) in [6.45, 7) is 2.22. The van der Waals surface area contributed by atoms with Crippen LogP contribution in [0.1, 0.15) is 40.4 Å². The van der Waals surface area contributed by atoms with Crippen LogP contribution in [0, 0.1) is 5.92 Å². The molecule has 0 bridgehead atoms. The molecule has 2 heterocycles. The number of hydrogen-bond donors (Lipinski definition) is 0. The predicted molar refractivity (Wildman–Crippen MR) is 113 cm³/mol. The molecule has 0 radical (unpaired) electrons. The number of piperazine rings is 1. The van der Waals surface area contributed by atoms with Gasteiger partial charge in [0.25, 0.3) is 0 Å². The zero-order valence-electron chi connectivity index (χ0n) is 16.1. The van der Waals surface area contributed by atoms with Crippen LogP contribution in [0.5, 0.6) is 0 Å². The predicted octanol–water partition coefficient (Wildman–Crippen LogP) is 3.84. The second-order valence-electron chi connectivity index (χ2n) is 7.60. The van der Waals surface area contributed by atoms with Crippen molar-refractivity contribution >= 4 is 40.5 Å². The SMILES string of the molecule is O=C(CCC(=O)N1CCN(C(=O)C2CC2c2cccs2)CC1)c1ccc(Cl)cc1. The third-order valence-electron chi connectivity index (χ3n) is 5.69. The van der Waals surface area contributed by atoms with Crippen molar-refractivity contribution in [3.63, 3.8) is 0 Å². The Morgan fingerprint density at radius 2 is 1.66 bits per heavy atom. The fourth-order valence-corrected chi connectivity index (χ4v) is 4.89. The molecule has 2 atom stereocenters. The Balaban J connectivity index is 1.21. The molecule has 1 saturated heterocycles. The van der Waals surface area contributed by atoms with Crippen LogP contribution in [-0.2, 0) is 9.59 Å². The van der Waals surface area contributed by atoms with E-state index in [1.165, 1.54) is 4.88 Å². The summed E-state index contributed by atoms with van der Waals surface area (Å²) in [6, 6.07) is 10.8. The fraction of sp³-hybridized carbons (Fsp3) is 0.409. The van der Waals surface area contributed by atoms with Crippen molar-refractivity contribution in [2.45, 2.75) is 25.2 Å². The number of thiophene rings is 1. The lowest BCUT2D eigenvalue weighted by atomic mass is 10.1. The normalized spacial score (nSPS) is 21.1. The molecule has 2 unspecified atom stereocenters. The number of rotatable bonds is 6. The summed E-state index contributed by atoms with van der Waals surface area (Å²) in [5.41, 5.74) is 0.572. The van der Waals surface area contributed by atoms with Crippen LogP contribution in [0.2, 0.25) is 5.02 Å². The number of hydrogen-bond acceptors (Lipinski definition) is 4. The summed E-state index contributed by atoms with van der Waals surface area (Å²) in [5.74, 6) is 0.613. The number of benzene rings is 1. The van der Waals surface area contributed by atoms with Gasteiger partial charge < -0.3 is 9.80 Å². The molecule has 7 heteroatoms. The van der Waals surface area contributed by atoms with Gasteiger partial charge in [-0.3, -0.25) is 14.4 Å². The second kappa shape index (κ2) is 8.67. The highest BCUT2D eigenvalue weighted by atomic mass is 35.5. The molecular formula is C22H23ClN2O3S. The number of carbonyl (C=O) groups excluding carboxylic acids is 3. The fourth-order valence-electron chi connectivity index (χ4n) is 3.85. The zero-order chi connectivity index (χ0) is 20.4. The minimum atomic E-state index is -0.0582. The van der Waals surface area contributed by atoms with Crippen LogP contribution in [0.3, 0.4) is 0 Å². The molecule has 1 saturated carbocycles. The number of nitrogens with zero attached hydrogens (tertiary/aromatic N) is 2. The van der Waals surface area contributed by atoms with Crippen molar-refractivity contribution in [1.82, 2.24) is 9.80 Å². The average molecular weight is 431 g/mol. The smallest absolute Gasteiger partial charge is 0.226 e. The van der Waals surface area contributed by atoms with Crippen LogP contribution in [0.25, 0.3) is 0 Å². The van der Waals surface area contributed by atoms with Gasteiger partial charge >= 0.3 is 0 Å². The summed E-state index contributed by atoms with van der Waals surface area (Å²) in [4.78, 5) is 42.4. The van der Waals surface area contributed by atoms with Gasteiger partial charge in [-0.05, 0) is 42.1 Å². The number of halogens is 1. The van der Waals surface area contributed by atoms with E-state index in [1.54, 1.807) is 40.5 Å². The molecule has 0 spiro atoms. The molecule has 0 N–H and O–H groups in total. The first kappa shape index (κ1) is 20.1. The van der Waals surface area contributed by atoms with Gasteiger partial charge in [-0.15, -0.1) is 11.3 Å². The van der Waals surface area contributed by atoms with Crippen molar-refractivity contribution < 1.29 is 14.4 Å². The van der Waals surface area contributed by atoms with Crippen molar-refractivity contribution in [3.05, 3.63) is 57.2 Å². The van der Waals surface area contributed by atoms with Crippen LogP contribution in [0.4, 0.5) is 0 Å². The molecule has 5 nitrogen and oxygen atoms in total. The maximum absolute atomic E-state index is 12.7. The van der Waals surface area contributed by atoms with E-state index in [0.717, 1.165) is 6.42 Å². The highest BCUT2D eigenvalue weighted by Crippen LogP contribution is 2.50. The van der Waals surface area contributed by atoms with Gasteiger partial charge in [0.15, 0.2) is 5.78 Å². The van der Waals surface area contributed by atoms with Gasteiger partial charge in [0.1, 0.15) is 0 Å². The number of Topliss-reactive ketones (excluding diaryl/α,β-unsaturated/α-hetero) is 1.